The van der Waals surface area contributed by atoms with E-state index < -0.39 is 17.6 Å². The van der Waals surface area contributed by atoms with Crippen LogP contribution in [0.2, 0.25) is 0 Å². The van der Waals surface area contributed by atoms with E-state index in [2.05, 4.69) is 10.4 Å². The van der Waals surface area contributed by atoms with Gasteiger partial charge in [0.25, 0.3) is 5.91 Å². The van der Waals surface area contributed by atoms with Gasteiger partial charge in [-0.2, -0.15) is 5.10 Å². The van der Waals surface area contributed by atoms with Gasteiger partial charge in [0.15, 0.2) is 5.82 Å². The number of hydrogen-bond acceptors (Lipinski definition) is 3. The average Bonchev–Trinajstić information content (AvgIpc) is 2.86. The van der Waals surface area contributed by atoms with Gasteiger partial charge in [-0.1, -0.05) is 0 Å². The summed E-state index contributed by atoms with van der Waals surface area (Å²) in [5.74, 6) is -1.03. The largest absolute Gasteiger partial charge is 0.370 e. The van der Waals surface area contributed by atoms with Crippen LogP contribution in [0.3, 0.4) is 0 Å². The van der Waals surface area contributed by atoms with Crippen molar-refractivity contribution in [2.75, 3.05) is 5.32 Å². The Bertz CT molecular complexity index is 687. The zero-order valence-electron chi connectivity index (χ0n) is 10.8. The van der Waals surface area contributed by atoms with Gasteiger partial charge in [-0.3, -0.25) is 14.3 Å². The molecule has 0 radical (unpaired) electrons. The molecule has 1 aromatic heterocycles. The van der Waals surface area contributed by atoms with Crippen molar-refractivity contribution in [1.82, 2.24) is 9.78 Å². The quantitative estimate of drug-likeness (QED) is 0.747. The molecule has 2 aromatic rings. The Hall–Kier alpha value is -1.97. The molecule has 0 aliphatic heterocycles. The molecule has 0 saturated heterocycles. The molecule has 0 unspecified atom stereocenters. The van der Waals surface area contributed by atoms with Crippen molar-refractivity contribution >= 4 is 40.2 Å². The molecule has 2 amide bonds. The molecule has 1 heterocycles. The second-order valence-corrected chi connectivity index (χ2v) is 5.42. The molecule has 0 aliphatic rings. The summed E-state index contributed by atoms with van der Waals surface area (Å²) in [6.45, 7) is 0.336. The van der Waals surface area contributed by atoms with Crippen molar-refractivity contribution in [1.29, 1.82) is 0 Å². The van der Waals surface area contributed by atoms with Gasteiger partial charge in [0, 0.05) is 28.8 Å². The number of benzene rings is 1. The van der Waals surface area contributed by atoms with Crippen LogP contribution < -0.4 is 11.1 Å². The number of nitrogens with two attached hydrogens (primary N) is 1. The maximum absolute atomic E-state index is 13.2. The van der Waals surface area contributed by atoms with Crippen molar-refractivity contribution < 1.29 is 14.0 Å². The van der Waals surface area contributed by atoms with Gasteiger partial charge in [-0.25, -0.2) is 4.39 Å². The number of aromatic nitrogens is 2. The fourth-order valence-corrected chi connectivity index (χ4v) is 2.21. The molecule has 6 nitrogen and oxygen atoms in total. The number of hydrogen-bond donors (Lipinski definition) is 2. The first-order valence-electron chi connectivity index (χ1n) is 6.04. The summed E-state index contributed by atoms with van der Waals surface area (Å²) in [7, 11) is 0. The van der Waals surface area contributed by atoms with Gasteiger partial charge in [-0.05, 0) is 40.8 Å². The Morgan fingerprint density at radius 2 is 2.14 bits per heavy atom. The first kappa shape index (κ1) is 15.4. The molecule has 0 aliphatic carbocycles. The summed E-state index contributed by atoms with van der Waals surface area (Å²) in [6.07, 6.45) is 1.78. The monoisotopic (exact) mass is 402 g/mol. The van der Waals surface area contributed by atoms with E-state index in [-0.39, 0.29) is 12.0 Å². The van der Waals surface area contributed by atoms with Crippen LogP contribution in [0.25, 0.3) is 0 Å². The van der Waals surface area contributed by atoms with Gasteiger partial charge in [0.1, 0.15) is 5.82 Å². The Morgan fingerprint density at radius 3 is 2.86 bits per heavy atom. The van der Waals surface area contributed by atoms with Crippen LogP contribution in [0.1, 0.15) is 16.8 Å². The molecule has 0 atom stereocenters. The Kier molecular flexibility index (Phi) is 4.89. The predicted octanol–water partition coefficient (Wildman–Crippen LogP) is 1.75. The van der Waals surface area contributed by atoms with Gasteiger partial charge in [0.2, 0.25) is 5.91 Å². The van der Waals surface area contributed by atoms with E-state index in [0.29, 0.717) is 15.9 Å². The van der Waals surface area contributed by atoms with Crippen molar-refractivity contribution in [2.24, 2.45) is 5.73 Å². The minimum atomic E-state index is -0.479. The first-order chi connectivity index (χ1) is 9.95. The fraction of sp³-hybridized carbons (Fsp3) is 0.154. The Labute approximate surface area is 133 Å². The molecule has 0 saturated carbocycles. The van der Waals surface area contributed by atoms with Crippen LogP contribution in [-0.4, -0.2) is 21.6 Å². The average molecular weight is 402 g/mol. The summed E-state index contributed by atoms with van der Waals surface area (Å²) < 4.78 is 15.3. The summed E-state index contributed by atoms with van der Waals surface area (Å²) in [4.78, 5) is 22.7. The van der Waals surface area contributed by atoms with Crippen LogP contribution in [0.15, 0.2) is 30.5 Å². The van der Waals surface area contributed by atoms with Crippen LogP contribution in [0.5, 0.6) is 0 Å². The number of anilines is 1. The van der Waals surface area contributed by atoms with Crippen LogP contribution in [0, 0.1) is 9.39 Å². The SMILES string of the molecule is NC(=O)CCn1ccc(NC(=O)c2cc(F)ccc2I)n1. The molecule has 1 aromatic carbocycles. The number of nitrogens with zero attached hydrogens (tertiary/aromatic N) is 2. The minimum absolute atomic E-state index is 0.164. The number of carbonyl (C=O) groups is 2. The molecule has 8 heteroatoms. The third kappa shape index (κ3) is 4.25. The van der Waals surface area contributed by atoms with E-state index >= 15 is 0 Å². The highest BCUT2D eigenvalue weighted by Crippen LogP contribution is 2.15. The third-order valence-electron chi connectivity index (χ3n) is 2.64. The predicted molar refractivity (Wildman–Crippen MR) is 83.1 cm³/mol. The molecule has 3 N–H and O–H groups in total. The standard InChI is InChI=1S/C13H12FIN4O2/c14-8-1-2-10(15)9(7-8)13(21)17-12-4-6-19(18-12)5-3-11(16)20/h1-2,4,6-7H,3,5H2,(H2,16,20)(H,17,18,21). The number of nitrogens with one attached hydrogen (secondary N) is 1. The minimum Gasteiger partial charge on any atom is -0.370 e. The van der Waals surface area contributed by atoms with Crippen LogP contribution >= 0.6 is 22.6 Å². The van der Waals surface area contributed by atoms with E-state index in [9.17, 15) is 14.0 Å². The molecular weight excluding hydrogens is 390 g/mol. The van der Waals surface area contributed by atoms with Crippen molar-refractivity contribution in [3.63, 3.8) is 0 Å². The van der Waals surface area contributed by atoms with E-state index in [1.807, 2.05) is 22.6 Å². The van der Waals surface area contributed by atoms with E-state index in [1.54, 1.807) is 12.3 Å². The number of carbonyl (C=O) groups excluding carboxylic acids is 2. The van der Waals surface area contributed by atoms with Gasteiger partial charge >= 0.3 is 0 Å². The number of amides is 2. The maximum atomic E-state index is 13.2. The van der Waals surface area contributed by atoms with E-state index in [0.717, 1.165) is 0 Å². The Morgan fingerprint density at radius 1 is 1.38 bits per heavy atom. The smallest absolute Gasteiger partial charge is 0.258 e. The molecule has 110 valence electrons. The zero-order valence-corrected chi connectivity index (χ0v) is 13.0. The molecular formula is C13H12FIN4O2. The lowest BCUT2D eigenvalue weighted by atomic mass is 10.2. The normalized spacial score (nSPS) is 10.4. The van der Waals surface area contributed by atoms with Gasteiger partial charge in [0.05, 0.1) is 5.56 Å². The van der Waals surface area contributed by atoms with Crippen LogP contribution in [-0.2, 0) is 11.3 Å². The Balaban J connectivity index is 2.06. The zero-order chi connectivity index (χ0) is 15.4. The van der Waals surface area contributed by atoms with Crippen molar-refractivity contribution in [3.05, 3.63) is 45.4 Å². The lowest BCUT2D eigenvalue weighted by Crippen LogP contribution is -2.16. The number of halogens is 2. The highest BCUT2D eigenvalue weighted by molar-refractivity contribution is 14.1. The third-order valence-corrected chi connectivity index (χ3v) is 3.58. The fourth-order valence-electron chi connectivity index (χ4n) is 1.63. The molecule has 0 fully saturated rings. The number of primary amides is 1. The lowest BCUT2D eigenvalue weighted by molar-refractivity contribution is -0.118. The summed E-state index contributed by atoms with van der Waals surface area (Å²) >= 11 is 1.96. The second-order valence-electron chi connectivity index (χ2n) is 4.26. The van der Waals surface area contributed by atoms with Crippen molar-refractivity contribution in [2.45, 2.75) is 13.0 Å². The summed E-state index contributed by atoms with van der Waals surface area (Å²) in [5.41, 5.74) is 5.29. The molecule has 0 spiro atoms. The second kappa shape index (κ2) is 6.66. The lowest BCUT2D eigenvalue weighted by Gasteiger charge is -2.04. The van der Waals surface area contributed by atoms with E-state index in [1.165, 1.54) is 22.9 Å². The highest BCUT2D eigenvalue weighted by Gasteiger charge is 2.12. The summed E-state index contributed by atoms with van der Waals surface area (Å²) in [6, 6.07) is 5.57. The topological polar surface area (TPSA) is 90.0 Å². The number of aryl methyl sites for hydroxylation is 1. The highest BCUT2D eigenvalue weighted by atomic mass is 127. The summed E-state index contributed by atoms with van der Waals surface area (Å²) in [5, 5.41) is 6.66. The molecule has 21 heavy (non-hydrogen) atoms. The van der Waals surface area contributed by atoms with Crippen molar-refractivity contribution in [3.8, 4) is 0 Å². The molecule has 2 rings (SSSR count). The maximum Gasteiger partial charge on any atom is 0.258 e. The van der Waals surface area contributed by atoms with E-state index in [4.69, 9.17) is 5.73 Å². The number of rotatable bonds is 5. The first-order valence-corrected chi connectivity index (χ1v) is 7.12. The van der Waals surface area contributed by atoms with Gasteiger partial charge < -0.3 is 11.1 Å². The van der Waals surface area contributed by atoms with Crippen LogP contribution in [0.4, 0.5) is 10.2 Å². The molecule has 0 bridgehead atoms. The van der Waals surface area contributed by atoms with Gasteiger partial charge in [-0.15, -0.1) is 0 Å².